The smallest absolute Gasteiger partial charge is 0.321 e. The molecule has 0 aliphatic rings. The summed E-state index contributed by atoms with van der Waals surface area (Å²) in [5, 5.41) is 5.97. The molecule has 0 atom stereocenters. The lowest BCUT2D eigenvalue weighted by Gasteiger charge is -2.14. The van der Waals surface area contributed by atoms with Gasteiger partial charge in [0.05, 0.1) is 16.7 Å². The first-order chi connectivity index (χ1) is 12.9. The Kier molecular flexibility index (Phi) is 7.84. The number of hydrogen-bond donors (Lipinski definition) is 2. The van der Waals surface area contributed by atoms with Crippen LogP contribution in [-0.2, 0) is 11.3 Å². The van der Waals surface area contributed by atoms with Gasteiger partial charge in [0.25, 0.3) is 5.56 Å². The molecule has 7 nitrogen and oxygen atoms in total. The number of imide groups is 1. The number of thioether (sulfide) groups is 1. The third-order valence-electron chi connectivity index (χ3n) is 3.78. The second kappa shape index (κ2) is 10.1. The average molecular weight is 391 g/mol. The molecule has 2 N–H and O–H groups in total. The van der Waals surface area contributed by atoms with Crippen molar-refractivity contribution in [3.05, 3.63) is 34.6 Å². The molecule has 3 amide bonds. The van der Waals surface area contributed by atoms with Crippen LogP contribution in [0.1, 0.15) is 33.6 Å². The number of carbonyl (C=O) groups is 2. The number of nitrogens with one attached hydrogen (secondary N) is 2. The van der Waals surface area contributed by atoms with Gasteiger partial charge in [0.1, 0.15) is 0 Å². The average Bonchev–Trinajstić information content (AvgIpc) is 2.62. The predicted molar refractivity (Wildman–Crippen MR) is 108 cm³/mol. The Balaban J connectivity index is 2.11. The molecule has 0 saturated carbocycles. The Morgan fingerprint density at radius 2 is 2.00 bits per heavy atom. The first kappa shape index (κ1) is 21.0. The van der Waals surface area contributed by atoms with E-state index in [2.05, 4.69) is 15.6 Å². The summed E-state index contributed by atoms with van der Waals surface area (Å²) < 4.78 is 1.60. The first-order valence-corrected chi connectivity index (χ1v) is 10.1. The zero-order valence-corrected chi connectivity index (χ0v) is 16.8. The maximum absolute atomic E-state index is 12.8. The van der Waals surface area contributed by atoms with E-state index in [1.165, 1.54) is 0 Å². The van der Waals surface area contributed by atoms with E-state index < -0.39 is 11.9 Å². The summed E-state index contributed by atoms with van der Waals surface area (Å²) in [4.78, 5) is 41.0. The maximum Gasteiger partial charge on any atom is 0.321 e. The Morgan fingerprint density at radius 3 is 2.70 bits per heavy atom. The largest absolute Gasteiger partial charge is 0.338 e. The lowest BCUT2D eigenvalue weighted by atomic mass is 10.2. The van der Waals surface area contributed by atoms with Gasteiger partial charge in [0, 0.05) is 13.1 Å². The van der Waals surface area contributed by atoms with Gasteiger partial charge in [-0.2, -0.15) is 0 Å². The van der Waals surface area contributed by atoms with Crippen molar-refractivity contribution in [1.29, 1.82) is 0 Å². The van der Waals surface area contributed by atoms with E-state index in [0.29, 0.717) is 29.1 Å². The fourth-order valence-corrected chi connectivity index (χ4v) is 3.31. The molecule has 1 aromatic heterocycles. The minimum absolute atomic E-state index is 0.00404. The third-order valence-corrected chi connectivity index (χ3v) is 4.75. The van der Waals surface area contributed by atoms with Crippen LogP contribution < -0.4 is 16.2 Å². The highest BCUT2D eigenvalue weighted by Gasteiger charge is 2.15. The fourth-order valence-electron chi connectivity index (χ4n) is 2.50. The number of rotatable bonds is 8. The number of nitrogens with zero attached hydrogens (tertiary/aromatic N) is 2. The Morgan fingerprint density at radius 1 is 1.26 bits per heavy atom. The normalized spacial score (nSPS) is 11.0. The number of urea groups is 1. The van der Waals surface area contributed by atoms with Crippen molar-refractivity contribution in [2.45, 2.75) is 45.3 Å². The van der Waals surface area contributed by atoms with E-state index in [0.717, 1.165) is 24.6 Å². The van der Waals surface area contributed by atoms with Crippen LogP contribution in [0.4, 0.5) is 4.79 Å². The molecule has 0 aliphatic heterocycles. The number of aromatic nitrogens is 2. The maximum atomic E-state index is 12.8. The van der Waals surface area contributed by atoms with Crippen LogP contribution in [0.25, 0.3) is 10.9 Å². The zero-order chi connectivity index (χ0) is 19.8. The SMILES string of the molecule is CCCCNC(=O)NC(=O)CSc1nc2ccccc2c(=O)n1CC(C)C. The lowest BCUT2D eigenvalue weighted by Crippen LogP contribution is -2.40. The van der Waals surface area contributed by atoms with Gasteiger partial charge in [-0.25, -0.2) is 9.78 Å². The summed E-state index contributed by atoms with van der Waals surface area (Å²) in [7, 11) is 0. The first-order valence-electron chi connectivity index (χ1n) is 9.12. The minimum Gasteiger partial charge on any atom is -0.338 e. The summed E-state index contributed by atoms with van der Waals surface area (Å²) >= 11 is 1.16. The van der Waals surface area contributed by atoms with Crippen molar-refractivity contribution in [3.8, 4) is 0 Å². The number of unbranched alkanes of at least 4 members (excludes halogenated alkanes) is 1. The Hall–Kier alpha value is -2.35. The molecular weight excluding hydrogens is 364 g/mol. The van der Waals surface area contributed by atoms with Crippen LogP contribution in [-0.4, -0.2) is 33.8 Å². The number of carbonyl (C=O) groups excluding carboxylic acids is 2. The number of amides is 3. The van der Waals surface area contributed by atoms with Crippen molar-refractivity contribution in [1.82, 2.24) is 20.2 Å². The second-order valence-electron chi connectivity index (χ2n) is 6.67. The van der Waals surface area contributed by atoms with E-state index in [4.69, 9.17) is 0 Å². The summed E-state index contributed by atoms with van der Waals surface area (Å²) in [5.74, 6) is -0.167. The van der Waals surface area contributed by atoms with Gasteiger partial charge in [-0.3, -0.25) is 19.5 Å². The second-order valence-corrected chi connectivity index (χ2v) is 7.61. The van der Waals surface area contributed by atoms with Gasteiger partial charge >= 0.3 is 6.03 Å². The van der Waals surface area contributed by atoms with Crippen LogP contribution in [0, 0.1) is 5.92 Å². The van der Waals surface area contributed by atoms with Gasteiger partial charge in [-0.15, -0.1) is 0 Å². The summed E-state index contributed by atoms with van der Waals surface area (Å²) in [6.07, 6.45) is 1.82. The van der Waals surface area contributed by atoms with Crippen molar-refractivity contribution in [2.75, 3.05) is 12.3 Å². The molecule has 0 fully saturated rings. The van der Waals surface area contributed by atoms with E-state index >= 15 is 0 Å². The number of benzene rings is 1. The highest BCUT2D eigenvalue weighted by molar-refractivity contribution is 7.99. The van der Waals surface area contributed by atoms with Crippen molar-refractivity contribution in [3.63, 3.8) is 0 Å². The van der Waals surface area contributed by atoms with Crippen LogP contribution in [0.15, 0.2) is 34.2 Å². The zero-order valence-electron chi connectivity index (χ0n) is 15.9. The van der Waals surface area contributed by atoms with Crippen LogP contribution in [0.5, 0.6) is 0 Å². The van der Waals surface area contributed by atoms with E-state index in [1.807, 2.05) is 32.9 Å². The molecule has 0 aliphatic carbocycles. The number of hydrogen-bond acceptors (Lipinski definition) is 5. The van der Waals surface area contributed by atoms with Crippen molar-refractivity contribution >= 4 is 34.6 Å². The van der Waals surface area contributed by atoms with Gasteiger partial charge in [-0.1, -0.05) is 51.1 Å². The van der Waals surface area contributed by atoms with Crippen molar-refractivity contribution in [2.24, 2.45) is 5.92 Å². The summed E-state index contributed by atoms with van der Waals surface area (Å²) in [6.45, 7) is 7.10. The summed E-state index contributed by atoms with van der Waals surface area (Å²) in [5.41, 5.74) is 0.484. The topological polar surface area (TPSA) is 93.1 Å². The molecule has 2 rings (SSSR count). The van der Waals surface area contributed by atoms with Crippen LogP contribution in [0.2, 0.25) is 0 Å². The van der Waals surface area contributed by atoms with Gasteiger partial charge in [0.2, 0.25) is 5.91 Å². The monoisotopic (exact) mass is 390 g/mol. The highest BCUT2D eigenvalue weighted by Crippen LogP contribution is 2.18. The molecule has 27 heavy (non-hydrogen) atoms. The number of fused-ring (bicyclic) bond motifs is 1. The van der Waals surface area contributed by atoms with Gasteiger partial charge < -0.3 is 5.32 Å². The fraction of sp³-hybridized carbons (Fsp3) is 0.474. The number of para-hydroxylation sites is 1. The van der Waals surface area contributed by atoms with E-state index in [1.54, 1.807) is 16.7 Å². The van der Waals surface area contributed by atoms with E-state index in [-0.39, 0.29) is 17.2 Å². The van der Waals surface area contributed by atoms with Crippen molar-refractivity contribution < 1.29 is 9.59 Å². The molecule has 0 unspecified atom stereocenters. The lowest BCUT2D eigenvalue weighted by molar-refractivity contribution is -0.117. The molecule has 146 valence electrons. The highest BCUT2D eigenvalue weighted by atomic mass is 32.2. The van der Waals surface area contributed by atoms with Crippen LogP contribution in [0.3, 0.4) is 0 Å². The van der Waals surface area contributed by atoms with Gasteiger partial charge in [-0.05, 0) is 24.5 Å². The predicted octanol–water partition coefficient (Wildman–Crippen LogP) is 2.77. The van der Waals surface area contributed by atoms with E-state index in [9.17, 15) is 14.4 Å². The minimum atomic E-state index is -0.500. The molecule has 0 saturated heterocycles. The molecule has 1 heterocycles. The Labute approximate surface area is 162 Å². The summed E-state index contributed by atoms with van der Waals surface area (Å²) in [6, 6.07) is 6.66. The van der Waals surface area contributed by atoms with Gasteiger partial charge in [0.15, 0.2) is 5.16 Å². The molecule has 2 aromatic rings. The molecular formula is C19H26N4O3S. The molecule has 0 radical (unpaired) electrons. The molecule has 0 bridgehead atoms. The quantitative estimate of drug-likeness (QED) is 0.411. The molecule has 8 heteroatoms. The molecule has 0 spiro atoms. The Bertz CT molecular complexity index is 864. The van der Waals surface area contributed by atoms with Crippen LogP contribution >= 0.6 is 11.8 Å². The third kappa shape index (κ3) is 6.09. The standard InChI is InChI=1S/C19H26N4O3S/c1-4-5-10-20-18(26)22-16(24)12-27-19-21-15-9-7-6-8-14(15)17(25)23(19)11-13(2)3/h6-9,13H,4-5,10-12H2,1-3H3,(H2,20,22,24,26). The molecule has 1 aromatic carbocycles.